The molecule has 0 radical (unpaired) electrons. The number of rotatable bonds is 4. The molecule has 1 aromatic carbocycles. The maximum atomic E-state index is 10.6. The molecule has 0 saturated carbocycles. The Morgan fingerprint density at radius 1 is 1.37 bits per heavy atom. The lowest BCUT2D eigenvalue weighted by Gasteiger charge is -2.11. The normalized spacial score (nSPS) is 15.1. The quantitative estimate of drug-likeness (QED) is 0.896. The zero-order valence-corrected chi connectivity index (χ0v) is 10.5. The largest absolute Gasteiger partial charge is 0.490 e. The Labute approximate surface area is 111 Å². The van der Waals surface area contributed by atoms with Crippen LogP contribution in [0.3, 0.4) is 0 Å². The van der Waals surface area contributed by atoms with E-state index in [2.05, 4.69) is 0 Å². The van der Waals surface area contributed by atoms with Crippen molar-refractivity contribution in [3.8, 4) is 17.6 Å². The monoisotopic (exact) mass is 261 g/mol. The number of benzene rings is 1. The molecule has 1 aromatic rings. The standard InChI is InChI=1S/C14H15NO4/c15-9-11(8-14(16)17)6-10-2-3-12-13(7-10)19-5-1-4-18-12/h2-3,7,11H,1,4-6,8H2,(H,16,17). The summed E-state index contributed by atoms with van der Waals surface area (Å²) in [5, 5.41) is 17.7. The van der Waals surface area contributed by atoms with Crippen molar-refractivity contribution in [2.45, 2.75) is 19.3 Å². The molecule has 0 saturated heterocycles. The summed E-state index contributed by atoms with van der Waals surface area (Å²) in [5.41, 5.74) is 0.886. The maximum Gasteiger partial charge on any atom is 0.304 e. The van der Waals surface area contributed by atoms with E-state index in [0.717, 1.165) is 12.0 Å². The minimum atomic E-state index is -0.958. The van der Waals surface area contributed by atoms with Crippen molar-refractivity contribution < 1.29 is 19.4 Å². The van der Waals surface area contributed by atoms with Crippen LogP contribution in [0.5, 0.6) is 11.5 Å². The second kappa shape index (κ2) is 6.10. The molecule has 1 heterocycles. The van der Waals surface area contributed by atoms with Gasteiger partial charge in [-0.15, -0.1) is 0 Å². The third kappa shape index (κ3) is 3.62. The van der Waals surface area contributed by atoms with Gasteiger partial charge in [0.1, 0.15) is 0 Å². The Hall–Kier alpha value is -2.22. The number of carboxylic acid groups (broad SMARTS) is 1. The first-order valence-electron chi connectivity index (χ1n) is 6.19. The number of ether oxygens (including phenoxy) is 2. The second-order valence-electron chi connectivity index (χ2n) is 4.46. The van der Waals surface area contributed by atoms with E-state index in [-0.39, 0.29) is 6.42 Å². The highest BCUT2D eigenvalue weighted by Crippen LogP contribution is 2.31. The fourth-order valence-electron chi connectivity index (χ4n) is 1.99. The van der Waals surface area contributed by atoms with Gasteiger partial charge in [-0.05, 0) is 24.1 Å². The molecule has 0 amide bonds. The zero-order chi connectivity index (χ0) is 13.7. The fourth-order valence-corrected chi connectivity index (χ4v) is 1.99. The molecular formula is C14H15NO4. The summed E-state index contributed by atoms with van der Waals surface area (Å²) in [6, 6.07) is 7.51. The van der Waals surface area contributed by atoms with E-state index in [1.54, 1.807) is 0 Å². The van der Waals surface area contributed by atoms with Crippen LogP contribution in [0.25, 0.3) is 0 Å². The van der Waals surface area contributed by atoms with Crippen LogP contribution >= 0.6 is 0 Å². The van der Waals surface area contributed by atoms with Crippen molar-refractivity contribution in [1.82, 2.24) is 0 Å². The molecule has 1 aliphatic heterocycles. The minimum absolute atomic E-state index is 0.148. The Balaban J connectivity index is 2.11. The third-order valence-corrected chi connectivity index (χ3v) is 2.90. The first kappa shape index (κ1) is 13.2. The molecule has 0 aromatic heterocycles. The summed E-state index contributed by atoms with van der Waals surface area (Å²) in [4.78, 5) is 10.6. The molecule has 0 fully saturated rings. The molecule has 5 heteroatoms. The summed E-state index contributed by atoms with van der Waals surface area (Å²) in [6.45, 7) is 1.24. The van der Waals surface area contributed by atoms with Crippen LogP contribution in [-0.4, -0.2) is 24.3 Å². The van der Waals surface area contributed by atoms with E-state index >= 15 is 0 Å². The molecule has 100 valence electrons. The molecule has 19 heavy (non-hydrogen) atoms. The summed E-state index contributed by atoms with van der Waals surface area (Å²) >= 11 is 0. The Morgan fingerprint density at radius 2 is 2.11 bits per heavy atom. The number of carboxylic acids is 1. The van der Waals surface area contributed by atoms with Crippen LogP contribution in [0.15, 0.2) is 18.2 Å². The maximum absolute atomic E-state index is 10.6. The number of hydrogen-bond acceptors (Lipinski definition) is 4. The van der Waals surface area contributed by atoms with E-state index in [1.165, 1.54) is 0 Å². The van der Waals surface area contributed by atoms with Crippen LogP contribution in [-0.2, 0) is 11.2 Å². The summed E-state index contributed by atoms with van der Waals surface area (Å²) in [7, 11) is 0. The first-order chi connectivity index (χ1) is 9.19. The molecule has 0 spiro atoms. The molecule has 1 N–H and O–H groups in total. The van der Waals surface area contributed by atoms with Crippen molar-refractivity contribution in [3.05, 3.63) is 23.8 Å². The SMILES string of the molecule is N#CC(CC(=O)O)Cc1ccc2c(c1)OCCCO2. The van der Waals surface area contributed by atoms with E-state index < -0.39 is 11.9 Å². The Morgan fingerprint density at radius 3 is 2.79 bits per heavy atom. The van der Waals surface area contributed by atoms with Crippen molar-refractivity contribution >= 4 is 5.97 Å². The van der Waals surface area contributed by atoms with Gasteiger partial charge in [-0.25, -0.2) is 0 Å². The van der Waals surface area contributed by atoms with Gasteiger partial charge in [-0.1, -0.05) is 6.07 Å². The van der Waals surface area contributed by atoms with Crippen LogP contribution < -0.4 is 9.47 Å². The minimum Gasteiger partial charge on any atom is -0.490 e. The highest BCUT2D eigenvalue weighted by Gasteiger charge is 2.16. The molecule has 0 bridgehead atoms. The highest BCUT2D eigenvalue weighted by atomic mass is 16.5. The van der Waals surface area contributed by atoms with E-state index in [0.29, 0.717) is 31.1 Å². The van der Waals surface area contributed by atoms with E-state index in [4.69, 9.17) is 19.8 Å². The number of aliphatic carboxylic acids is 1. The van der Waals surface area contributed by atoms with E-state index in [9.17, 15) is 4.79 Å². The topological polar surface area (TPSA) is 79.6 Å². The highest BCUT2D eigenvalue weighted by molar-refractivity contribution is 5.67. The zero-order valence-electron chi connectivity index (χ0n) is 10.5. The van der Waals surface area contributed by atoms with E-state index in [1.807, 2.05) is 24.3 Å². The van der Waals surface area contributed by atoms with Gasteiger partial charge in [0.15, 0.2) is 11.5 Å². The van der Waals surface area contributed by atoms with Crippen molar-refractivity contribution in [3.63, 3.8) is 0 Å². The second-order valence-corrected chi connectivity index (χ2v) is 4.46. The van der Waals surface area contributed by atoms with Crippen molar-refractivity contribution in [2.24, 2.45) is 5.92 Å². The Bertz CT molecular complexity index is 507. The van der Waals surface area contributed by atoms with Crippen molar-refractivity contribution in [1.29, 1.82) is 5.26 Å². The van der Waals surface area contributed by atoms with Crippen LogP contribution in [0.4, 0.5) is 0 Å². The van der Waals surface area contributed by atoms with Crippen LogP contribution in [0.1, 0.15) is 18.4 Å². The number of nitriles is 1. The number of hydrogen-bond donors (Lipinski definition) is 1. The summed E-state index contributed by atoms with van der Waals surface area (Å²) in [5.74, 6) is -0.113. The summed E-state index contributed by atoms with van der Waals surface area (Å²) < 4.78 is 11.1. The van der Waals surface area contributed by atoms with Crippen LogP contribution in [0, 0.1) is 17.2 Å². The fraction of sp³-hybridized carbons (Fsp3) is 0.429. The Kier molecular flexibility index (Phi) is 4.24. The van der Waals surface area contributed by atoms with Crippen molar-refractivity contribution in [2.75, 3.05) is 13.2 Å². The average molecular weight is 261 g/mol. The molecule has 5 nitrogen and oxygen atoms in total. The first-order valence-corrected chi connectivity index (χ1v) is 6.19. The number of carbonyl (C=O) groups is 1. The number of fused-ring (bicyclic) bond motifs is 1. The predicted octanol–water partition coefficient (Wildman–Crippen LogP) is 2.00. The lowest BCUT2D eigenvalue weighted by atomic mass is 9.97. The molecule has 0 aliphatic carbocycles. The molecule has 2 rings (SSSR count). The third-order valence-electron chi connectivity index (χ3n) is 2.90. The smallest absolute Gasteiger partial charge is 0.304 e. The van der Waals surface area contributed by atoms with Gasteiger partial charge in [0.25, 0.3) is 0 Å². The lowest BCUT2D eigenvalue weighted by Crippen LogP contribution is -2.08. The van der Waals surface area contributed by atoms with Gasteiger partial charge in [-0.2, -0.15) is 5.26 Å². The molecule has 1 aliphatic rings. The summed E-state index contributed by atoms with van der Waals surface area (Å²) in [6.07, 6.45) is 1.09. The van der Waals surface area contributed by atoms with Gasteiger partial charge in [-0.3, -0.25) is 4.79 Å². The van der Waals surface area contributed by atoms with Gasteiger partial charge in [0, 0.05) is 6.42 Å². The van der Waals surface area contributed by atoms with Gasteiger partial charge < -0.3 is 14.6 Å². The predicted molar refractivity (Wildman–Crippen MR) is 67.1 cm³/mol. The van der Waals surface area contributed by atoms with Gasteiger partial charge in [0.05, 0.1) is 31.6 Å². The average Bonchev–Trinajstić information content (AvgIpc) is 2.62. The molecule has 1 unspecified atom stereocenters. The lowest BCUT2D eigenvalue weighted by molar-refractivity contribution is -0.137. The van der Waals surface area contributed by atoms with Crippen LogP contribution in [0.2, 0.25) is 0 Å². The van der Waals surface area contributed by atoms with Gasteiger partial charge in [0.2, 0.25) is 0 Å². The molecular weight excluding hydrogens is 246 g/mol. The molecule has 1 atom stereocenters. The van der Waals surface area contributed by atoms with Gasteiger partial charge >= 0.3 is 5.97 Å². The number of nitrogens with zero attached hydrogens (tertiary/aromatic N) is 1.